The van der Waals surface area contributed by atoms with Crippen molar-refractivity contribution in [1.82, 2.24) is 25.2 Å². The van der Waals surface area contributed by atoms with Crippen LogP contribution >= 0.6 is 0 Å². The number of hydrogen-bond donors (Lipinski definition) is 1. The highest BCUT2D eigenvalue weighted by Gasteiger charge is 2.58. The number of rotatable bonds is 9. The highest BCUT2D eigenvalue weighted by Crippen LogP contribution is 2.46. The second kappa shape index (κ2) is 12.9. The third-order valence-electron chi connectivity index (χ3n) is 6.34. The molecule has 5 rings (SSSR count). The minimum absolute atomic E-state index is 0.0703. The molecule has 0 fully saturated rings. The van der Waals surface area contributed by atoms with Crippen molar-refractivity contribution in [2.75, 3.05) is 0 Å². The molecule has 15 heteroatoms. The summed E-state index contributed by atoms with van der Waals surface area (Å²) >= 11 is 0. The monoisotopic (exact) mass is 645 g/mol. The maximum Gasteiger partial charge on any atom is 0.573 e. The predicted octanol–water partition coefficient (Wildman–Crippen LogP) is 5.90. The van der Waals surface area contributed by atoms with Gasteiger partial charge in [0.05, 0.1) is 9.29 Å². The van der Waals surface area contributed by atoms with E-state index in [0.717, 1.165) is 53.6 Å². The molecule has 0 radical (unpaired) electrons. The fourth-order valence-corrected chi connectivity index (χ4v) is 4.12. The van der Waals surface area contributed by atoms with Gasteiger partial charge < -0.3 is 14.6 Å². The predicted molar refractivity (Wildman–Crippen MR) is 146 cm³/mol. The molecule has 0 aliphatic rings. The van der Waals surface area contributed by atoms with Crippen LogP contribution < -0.4 is 9.47 Å². The van der Waals surface area contributed by atoms with Gasteiger partial charge in [0.25, 0.3) is 0 Å². The van der Waals surface area contributed by atoms with Gasteiger partial charge in [-0.15, -0.1) is 18.3 Å². The molecule has 5 aromatic rings. The van der Waals surface area contributed by atoms with E-state index in [9.17, 15) is 27.1 Å². The van der Waals surface area contributed by atoms with Gasteiger partial charge in [-0.25, -0.2) is 13.5 Å². The number of nitrogens with zero attached hydrogens (tertiary/aromatic N) is 5. The van der Waals surface area contributed by atoms with Crippen molar-refractivity contribution in [2.24, 2.45) is 0 Å². The van der Waals surface area contributed by atoms with Gasteiger partial charge in [-0.1, -0.05) is 24.0 Å². The smallest absolute Gasteiger partial charge is 0.489 e. The third-order valence-corrected chi connectivity index (χ3v) is 6.34. The number of alkyl halides is 5. The molecule has 3 aromatic carbocycles. The molecule has 0 aliphatic carbocycles. The van der Waals surface area contributed by atoms with Crippen molar-refractivity contribution in [3.8, 4) is 23.3 Å². The van der Waals surface area contributed by atoms with E-state index in [1.165, 1.54) is 30.3 Å². The minimum atomic E-state index is -4.89. The summed E-state index contributed by atoms with van der Waals surface area (Å²) in [4.78, 5) is 3.74. The number of halogens is 7. The second-order valence-corrected chi connectivity index (χ2v) is 9.55. The number of pyridine rings is 1. The molecule has 0 saturated carbocycles. The first-order chi connectivity index (χ1) is 22.6. The van der Waals surface area contributed by atoms with Gasteiger partial charge in [-0.05, 0) is 76.7 Å². The summed E-state index contributed by atoms with van der Waals surface area (Å²) in [5.41, 5.74) is -4.64. The van der Waals surface area contributed by atoms with E-state index in [0.29, 0.717) is 17.7 Å². The van der Waals surface area contributed by atoms with Gasteiger partial charge in [0.2, 0.25) is 0 Å². The third kappa shape index (κ3) is 7.41. The van der Waals surface area contributed by atoms with Crippen molar-refractivity contribution in [1.29, 1.82) is 0 Å². The summed E-state index contributed by atoms with van der Waals surface area (Å²) in [6.45, 7) is -3.43. The van der Waals surface area contributed by atoms with Crippen molar-refractivity contribution in [3.05, 3.63) is 131 Å². The molecule has 0 spiro atoms. The van der Waals surface area contributed by atoms with Gasteiger partial charge in [0, 0.05) is 29.0 Å². The lowest BCUT2D eigenvalue weighted by Gasteiger charge is -2.35. The topological polar surface area (TPSA) is 95.2 Å². The largest absolute Gasteiger partial charge is 0.573 e. The van der Waals surface area contributed by atoms with Crippen molar-refractivity contribution < 1.29 is 48.1 Å². The molecular formula is C31H20F7N5O3. The Morgan fingerprint density at radius 2 is 1.52 bits per heavy atom. The van der Waals surface area contributed by atoms with Gasteiger partial charge >= 0.3 is 12.3 Å². The summed E-state index contributed by atoms with van der Waals surface area (Å²) in [5.74, 6) is -1.67. The highest BCUT2D eigenvalue weighted by molar-refractivity contribution is 5.44. The van der Waals surface area contributed by atoms with Crippen LogP contribution in [0.2, 0.25) is 0 Å². The summed E-state index contributed by atoms with van der Waals surface area (Å²) in [6, 6.07) is 13.7. The fraction of sp³-hybridized carbons (Fsp3) is 0.161. The van der Waals surface area contributed by atoms with Crippen molar-refractivity contribution >= 4 is 0 Å². The molecule has 0 bridgehead atoms. The van der Waals surface area contributed by atoms with E-state index < -0.39 is 59.6 Å². The van der Waals surface area contributed by atoms with Crippen LogP contribution in [-0.2, 0) is 24.6 Å². The average molecular weight is 646 g/mol. The highest BCUT2D eigenvalue weighted by atomic mass is 19.4. The summed E-state index contributed by atoms with van der Waals surface area (Å²) in [5, 5.41) is 21.4. The van der Waals surface area contributed by atoms with Crippen molar-refractivity contribution in [2.45, 2.75) is 31.0 Å². The fourth-order valence-electron chi connectivity index (χ4n) is 4.12. The Morgan fingerprint density at radius 3 is 2.13 bits per heavy atom. The van der Waals surface area contributed by atoms with E-state index in [2.05, 4.69) is 37.1 Å². The van der Waals surface area contributed by atoms with Crippen LogP contribution in [0.25, 0.3) is 0 Å². The number of hydrogen-bond acceptors (Lipinski definition) is 7. The Labute approximate surface area is 258 Å². The molecule has 8 nitrogen and oxygen atoms in total. The standard InChI is InChI=1S/C31H20F7N5O3/c32-23-8-13-26(27(33)15-23)29(44,18-43-19-40-41-42-43)30(34,35)28-14-7-21(16-39-28)2-1-20-3-9-24(10-4-20)45-17-22-5-11-25(12-6-22)46-31(36,37)38/h3-16,19,44H,17-18H2/t29-/m0/s1/i17D2. The zero-order valence-electron chi connectivity index (χ0n) is 25.0. The van der Waals surface area contributed by atoms with Gasteiger partial charge in [-0.3, -0.25) is 4.98 Å². The van der Waals surface area contributed by atoms with Crippen LogP contribution in [0.3, 0.4) is 0 Å². The quantitative estimate of drug-likeness (QED) is 0.158. The lowest BCUT2D eigenvalue weighted by Crippen LogP contribution is -2.48. The van der Waals surface area contributed by atoms with Crippen LogP contribution in [0.15, 0.2) is 91.4 Å². The normalized spacial score (nSPS) is 13.9. The maximum absolute atomic E-state index is 15.9. The summed E-state index contributed by atoms with van der Waals surface area (Å²) in [6.07, 6.45) is -2.96. The van der Waals surface area contributed by atoms with Crippen LogP contribution in [0, 0.1) is 23.5 Å². The van der Waals surface area contributed by atoms with E-state index >= 15 is 8.78 Å². The molecule has 0 aliphatic heterocycles. The molecule has 1 atom stereocenters. The Hall–Kier alpha value is -5.49. The molecule has 0 unspecified atom stereocenters. The van der Waals surface area contributed by atoms with Crippen LogP contribution in [0.1, 0.15) is 30.7 Å². The van der Waals surface area contributed by atoms with Crippen molar-refractivity contribution in [3.63, 3.8) is 0 Å². The van der Waals surface area contributed by atoms with E-state index in [1.54, 1.807) is 0 Å². The van der Waals surface area contributed by atoms with Gasteiger partial charge in [0.1, 0.15) is 41.7 Å². The van der Waals surface area contributed by atoms with Gasteiger partial charge in [-0.2, -0.15) is 8.78 Å². The second-order valence-electron chi connectivity index (χ2n) is 9.55. The first kappa shape index (κ1) is 29.2. The number of aliphatic hydroxyl groups is 1. The Bertz CT molecular complexity index is 1930. The lowest BCUT2D eigenvalue weighted by atomic mass is 9.84. The van der Waals surface area contributed by atoms with E-state index in [1.807, 2.05) is 0 Å². The zero-order chi connectivity index (χ0) is 34.7. The van der Waals surface area contributed by atoms with Gasteiger partial charge in [0.15, 0.2) is 5.60 Å². The molecule has 1 N–H and O–H groups in total. The lowest BCUT2D eigenvalue weighted by molar-refractivity contribution is -0.274. The SMILES string of the molecule is [2H]C([2H])(Oc1ccc(C#Cc2ccc(C(F)(F)[C@](O)(Cn3cnnn3)c3ccc(F)cc3F)nc2)cc1)c1ccc(OC(F)(F)F)cc1. The van der Waals surface area contributed by atoms with Crippen LogP contribution in [-0.4, -0.2) is 36.7 Å². The van der Waals surface area contributed by atoms with Crippen LogP contribution in [0.4, 0.5) is 30.7 Å². The van der Waals surface area contributed by atoms with E-state index in [4.69, 9.17) is 7.48 Å². The Balaban J connectivity index is 1.30. The molecule has 2 heterocycles. The molecule has 236 valence electrons. The number of tetrazole rings is 1. The first-order valence-electron chi connectivity index (χ1n) is 14.0. The molecule has 2 aromatic heterocycles. The maximum atomic E-state index is 15.9. The molecule has 0 amide bonds. The summed E-state index contributed by atoms with van der Waals surface area (Å²) in [7, 11) is 0. The Kier molecular flexibility index (Phi) is 8.17. The number of benzene rings is 3. The number of aromatic nitrogens is 5. The molecule has 46 heavy (non-hydrogen) atoms. The summed E-state index contributed by atoms with van der Waals surface area (Å²) < 4.78 is 123. The number of ether oxygens (including phenoxy) is 2. The van der Waals surface area contributed by atoms with Crippen LogP contribution in [0.5, 0.6) is 11.5 Å². The minimum Gasteiger partial charge on any atom is -0.489 e. The Morgan fingerprint density at radius 1 is 0.848 bits per heavy atom. The first-order valence-corrected chi connectivity index (χ1v) is 13.0. The zero-order valence-corrected chi connectivity index (χ0v) is 23.0. The molecule has 0 saturated heterocycles. The average Bonchev–Trinajstić information content (AvgIpc) is 3.53. The van der Waals surface area contributed by atoms with E-state index in [-0.39, 0.29) is 16.9 Å². The molecular weight excluding hydrogens is 623 g/mol.